The highest BCUT2D eigenvalue weighted by Crippen LogP contribution is 1.93. The molecule has 0 radical (unpaired) electrons. The van der Waals surface area contributed by atoms with Crippen molar-refractivity contribution in [3.8, 4) is 0 Å². The van der Waals surface area contributed by atoms with Crippen molar-refractivity contribution >= 4 is 18.0 Å². The van der Waals surface area contributed by atoms with Crippen LogP contribution in [0.4, 0.5) is 4.79 Å². The molecule has 0 atom stereocenters. The first kappa shape index (κ1) is 18.9. The molecule has 2 amide bonds. The summed E-state index contributed by atoms with van der Waals surface area (Å²) in [7, 11) is 1.67. The third-order valence-corrected chi connectivity index (χ3v) is 2.28. The molecule has 0 heterocycles. The molecular weight excluding hydrogens is 276 g/mol. The minimum atomic E-state index is -0.614. The van der Waals surface area contributed by atoms with Gasteiger partial charge in [0.15, 0.2) is 0 Å². The number of carbonyl (C=O) groups is 3. The maximum Gasteiger partial charge on any atom is 0.331 e. The molecule has 1 N–H and O–H groups in total. The maximum absolute atomic E-state index is 11.6. The van der Waals surface area contributed by atoms with Crippen LogP contribution in [0.5, 0.6) is 0 Å². The normalized spacial score (nSPS) is 10.5. The molecule has 0 saturated heterocycles. The van der Waals surface area contributed by atoms with E-state index in [4.69, 9.17) is 4.74 Å². The summed E-state index contributed by atoms with van der Waals surface area (Å²) >= 11 is 0. The Labute approximate surface area is 125 Å². The Morgan fingerprint density at radius 2 is 1.71 bits per heavy atom. The van der Waals surface area contributed by atoms with Gasteiger partial charge in [-0.25, -0.2) is 14.4 Å². The van der Waals surface area contributed by atoms with Crippen LogP contribution in [-0.4, -0.2) is 55.7 Å². The molecule has 0 saturated carbocycles. The van der Waals surface area contributed by atoms with Crippen LogP contribution >= 0.6 is 0 Å². The van der Waals surface area contributed by atoms with E-state index in [1.807, 2.05) is 13.8 Å². The van der Waals surface area contributed by atoms with Gasteiger partial charge < -0.3 is 19.7 Å². The van der Waals surface area contributed by atoms with E-state index < -0.39 is 11.9 Å². The zero-order valence-corrected chi connectivity index (χ0v) is 13.0. The fourth-order valence-corrected chi connectivity index (χ4v) is 1.31. The number of amides is 2. The summed E-state index contributed by atoms with van der Waals surface area (Å²) in [6.07, 6.45) is 2.56. The number of esters is 2. The lowest BCUT2D eigenvalue weighted by molar-refractivity contribution is -0.140. The number of ether oxygens (including phenoxy) is 2. The van der Waals surface area contributed by atoms with E-state index in [-0.39, 0.29) is 25.3 Å². The fraction of sp³-hybridized carbons (Fsp3) is 0.643. The van der Waals surface area contributed by atoms with Crippen LogP contribution in [0.15, 0.2) is 12.2 Å². The quantitative estimate of drug-likeness (QED) is 0.412. The third kappa shape index (κ3) is 10.4. The SMILES string of the molecule is CCOC(=O)/C=C/C(=O)OCCCN(C)C(=O)NC(C)C. The predicted molar refractivity (Wildman–Crippen MR) is 77.6 cm³/mol. The first-order valence-electron chi connectivity index (χ1n) is 6.90. The monoisotopic (exact) mass is 300 g/mol. The fourth-order valence-electron chi connectivity index (χ4n) is 1.31. The molecule has 0 aromatic heterocycles. The number of carbonyl (C=O) groups excluding carboxylic acids is 3. The maximum atomic E-state index is 11.6. The van der Waals surface area contributed by atoms with Crippen LogP contribution in [-0.2, 0) is 19.1 Å². The number of rotatable bonds is 8. The van der Waals surface area contributed by atoms with Crippen molar-refractivity contribution in [1.29, 1.82) is 0 Å². The van der Waals surface area contributed by atoms with Gasteiger partial charge in [-0.3, -0.25) is 0 Å². The van der Waals surface area contributed by atoms with E-state index >= 15 is 0 Å². The summed E-state index contributed by atoms with van der Waals surface area (Å²) in [6, 6.07) is -0.0932. The molecular formula is C14H24N2O5. The molecule has 0 bridgehead atoms. The van der Waals surface area contributed by atoms with Gasteiger partial charge in [0, 0.05) is 31.8 Å². The first-order chi connectivity index (χ1) is 9.86. The zero-order chi connectivity index (χ0) is 16.3. The smallest absolute Gasteiger partial charge is 0.331 e. The molecule has 7 heteroatoms. The highest BCUT2D eigenvalue weighted by Gasteiger charge is 2.09. The number of hydrogen-bond acceptors (Lipinski definition) is 5. The van der Waals surface area contributed by atoms with Gasteiger partial charge in [0.25, 0.3) is 0 Å². The second kappa shape index (κ2) is 10.7. The van der Waals surface area contributed by atoms with Crippen LogP contribution in [0.1, 0.15) is 27.2 Å². The van der Waals surface area contributed by atoms with Crippen molar-refractivity contribution in [2.24, 2.45) is 0 Å². The largest absolute Gasteiger partial charge is 0.463 e. The topological polar surface area (TPSA) is 84.9 Å². The van der Waals surface area contributed by atoms with Gasteiger partial charge in [0.1, 0.15) is 0 Å². The van der Waals surface area contributed by atoms with Gasteiger partial charge in [-0.05, 0) is 27.2 Å². The summed E-state index contributed by atoms with van der Waals surface area (Å²) in [5.74, 6) is -1.20. The second-order valence-electron chi connectivity index (χ2n) is 4.63. The Kier molecular flexibility index (Phi) is 9.66. The average molecular weight is 300 g/mol. The zero-order valence-electron chi connectivity index (χ0n) is 13.0. The van der Waals surface area contributed by atoms with Gasteiger partial charge in [-0.2, -0.15) is 0 Å². The molecule has 120 valence electrons. The first-order valence-corrected chi connectivity index (χ1v) is 6.90. The Balaban J connectivity index is 3.82. The molecule has 0 aromatic carbocycles. The van der Waals surface area contributed by atoms with Crippen molar-refractivity contribution in [3.63, 3.8) is 0 Å². The molecule has 0 aliphatic rings. The minimum Gasteiger partial charge on any atom is -0.463 e. The third-order valence-electron chi connectivity index (χ3n) is 2.28. The van der Waals surface area contributed by atoms with Gasteiger partial charge in [-0.15, -0.1) is 0 Å². The number of nitrogens with zero attached hydrogens (tertiary/aromatic N) is 1. The molecule has 0 rings (SSSR count). The van der Waals surface area contributed by atoms with Crippen molar-refractivity contribution in [1.82, 2.24) is 10.2 Å². The molecule has 0 aromatic rings. The van der Waals surface area contributed by atoms with E-state index in [0.717, 1.165) is 12.2 Å². The molecule has 0 unspecified atom stereocenters. The van der Waals surface area contributed by atoms with E-state index in [2.05, 4.69) is 10.1 Å². The lowest BCUT2D eigenvalue weighted by atomic mass is 10.4. The van der Waals surface area contributed by atoms with Crippen LogP contribution in [0.2, 0.25) is 0 Å². The molecule has 7 nitrogen and oxygen atoms in total. The molecule has 0 aliphatic carbocycles. The van der Waals surface area contributed by atoms with Crippen molar-refractivity contribution in [3.05, 3.63) is 12.2 Å². The Hall–Kier alpha value is -2.05. The lowest BCUT2D eigenvalue weighted by Gasteiger charge is -2.19. The van der Waals surface area contributed by atoms with Crippen LogP contribution in [0.25, 0.3) is 0 Å². The number of nitrogens with one attached hydrogen (secondary N) is 1. The van der Waals surface area contributed by atoms with Crippen molar-refractivity contribution in [2.75, 3.05) is 26.8 Å². The minimum absolute atomic E-state index is 0.0748. The van der Waals surface area contributed by atoms with Gasteiger partial charge in [0.2, 0.25) is 0 Å². The summed E-state index contributed by atoms with van der Waals surface area (Å²) in [4.78, 5) is 35.3. The summed E-state index contributed by atoms with van der Waals surface area (Å²) in [5.41, 5.74) is 0. The summed E-state index contributed by atoms with van der Waals surface area (Å²) in [6.45, 7) is 6.32. The van der Waals surface area contributed by atoms with Crippen molar-refractivity contribution in [2.45, 2.75) is 33.2 Å². The average Bonchev–Trinajstić information content (AvgIpc) is 2.40. The van der Waals surface area contributed by atoms with Crippen LogP contribution < -0.4 is 5.32 Å². The lowest BCUT2D eigenvalue weighted by Crippen LogP contribution is -2.41. The van der Waals surface area contributed by atoms with Gasteiger partial charge in [-0.1, -0.05) is 0 Å². The number of urea groups is 1. The standard InChI is InChI=1S/C14H24N2O5/c1-5-20-12(17)7-8-13(18)21-10-6-9-16(4)14(19)15-11(2)3/h7-8,11H,5-6,9-10H2,1-4H3,(H,15,19)/b8-7+. The predicted octanol–water partition coefficient (Wildman–Crippen LogP) is 1.09. The summed E-state index contributed by atoms with van der Waals surface area (Å²) < 4.78 is 9.51. The van der Waals surface area contributed by atoms with Gasteiger partial charge >= 0.3 is 18.0 Å². The molecule has 21 heavy (non-hydrogen) atoms. The molecule has 0 aliphatic heterocycles. The molecule has 0 fully saturated rings. The van der Waals surface area contributed by atoms with E-state index in [1.165, 1.54) is 4.90 Å². The Bertz CT molecular complexity index is 380. The van der Waals surface area contributed by atoms with E-state index in [0.29, 0.717) is 13.0 Å². The van der Waals surface area contributed by atoms with Crippen LogP contribution in [0, 0.1) is 0 Å². The van der Waals surface area contributed by atoms with E-state index in [9.17, 15) is 14.4 Å². The molecule has 0 spiro atoms. The number of hydrogen-bond donors (Lipinski definition) is 1. The van der Waals surface area contributed by atoms with Crippen molar-refractivity contribution < 1.29 is 23.9 Å². The second-order valence-corrected chi connectivity index (χ2v) is 4.63. The van der Waals surface area contributed by atoms with E-state index in [1.54, 1.807) is 14.0 Å². The highest BCUT2D eigenvalue weighted by molar-refractivity contribution is 5.91. The summed E-state index contributed by atoms with van der Waals surface area (Å²) in [5, 5.41) is 2.75. The Morgan fingerprint density at radius 3 is 2.24 bits per heavy atom. The Morgan fingerprint density at radius 1 is 1.14 bits per heavy atom. The van der Waals surface area contributed by atoms with Gasteiger partial charge in [0.05, 0.1) is 13.2 Å². The van der Waals surface area contributed by atoms with Crippen LogP contribution in [0.3, 0.4) is 0 Å². The highest BCUT2D eigenvalue weighted by atomic mass is 16.5.